The third-order valence-electron chi connectivity index (χ3n) is 6.04. The van der Waals surface area contributed by atoms with Gasteiger partial charge in [0, 0.05) is 47.2 Å². The van der Waals surface area contributed by atoms with Gasteiger partial charge in [0.25, 0.3) is 11.8 Å². The number of carboxylic acid groups (broad SMARTS) is 1. The van der Waals surface area contributed by atoms with Gasteiger partial charge < -0.3 is 20.7 Å². The molecule has 9 nitrogen and oxygen atoms in total. The number of nitrogens with zero attached hydrogens (tertiary/aromatic N) is 1. The Morgan fingerprint density at radius 2 is 1.92 bits per heavy atom. The Morgan fingerprint density at radius 1 is 1.24 bits per heavy atom. The number of rotatable bonds is 5. The highest BCUT2D eigenvalue weighted by atomic mass is 35.5. The fraction of sp³-hybridized carbons (Fsp3) is 0.360. The van der Waals surface area contributed by atoms with Crippen molar-refractivity contribution < 1.29 is 37.5 Å². The molecule has 2 aliphatic heterocycles. The van der Waals surface area contributed by atoms with Crippen molar-refractivity contribution in [2.75, 3.05) is 31.5 Å². The number of piperidine rings is 1. The zero-order valence-electron chi connectivity index (χ0n) is 20.6. The van der Waals surface area contributed by atoms with Crippen LogP contribution in [0.2, 0.25) is 5.02 Å². The number of fused-ring (bicyclic) bond motifs is 1. The van der Waals surface area contributed by atoms with Crippen molar-refractivity contribution in [2.45, 2.75) is 32.9 Å². The molecule has 1 fully saturated rings. The van der Waals surface area contributed by atoms with Gasteiger partial charge in [-0.3, -0.25) is 19.3 Å². The summed E-state index contributed by atoms with van der Waals surface area (Å²) in [6, 6.07) is 5.26. The average molecular weight is 555 g/mol. The van der Waals surface area contributed by atoms with Crippen molar-refractivity contribution in [3.05, 3.63) is 51.3 Å². The molecule has 3 heterocycles. The molecule has 2 aromatic rings. The number of carboxylic acids is 1. The Bertz CT molecular complexity index is 1300. The van der Waals surface area contributed by atoms with E-state index >= 15 is 0 Å². The Morgan fingerprint density at radius 3 is 2.55 bits per heavy atom. The second-order valence-corrected chi connectivity index (χ2v) is 9.28. The molecule has 2 aliphatic rings. The first-order valence-electron chi connectivity index (χ1n) is 11.6. The van der Waals surface area contributed by atoms with Crippen molar-refractivity contribution in [1.82, 2.24) is 15.2 Å². The van der Waals surface area contributed by atoms with Crippen LogP contribution in [0.25, 0.3) is 11.6 Å². The number of likely N-dealkylation sites (tertiary alicyclic amines) is 1. The van der Waals surface area contributed by atoms with Gasteiger partial charge in [-0.05, 0) is 56.7 Å². The molecule has 0 atom stereocenters. The van der Waals surface area contributed by atoms with E-state index in [2.05, 4.69) is 20.5 Å². The van der Waals surface area contributed by atoms with Crippen LogP contribution in [0, 0.1) is 13.8 Å². The van der Waals surface area contributed by atoms with Crippen molar-refractivity contribution in [2.24, 2.45) is 0 Å². The summed E-state index contributed by atoms with van der Waals surface area (Å²) in [5.41, 5.74) is 4.76. The van der Waals surface area contributed by atoms with Gasteiger partial charge in [-0.25, -0.2) is 4.79 Å². The molecule has 0 unspecified atom stereocenters. The molecule has 204 valence electrons. The first-order chi connectivity index (χ1) is 17.8. The monoisotopic (exact) mass is 554 g/mol. The number of amides is 2. The van der Waals surface area contributed by atoms with Crippen LogP contribution >= 0.6 is 11.6 Å². The zero-order chi connectivity index (χ0) is 28.2. The molecule has 0 saturated carbocycles. The SMILES string of the molecule is Cc1[nH]c(/C=C2\C(=O)Nc3ccc(Cl)cc32)c(C)c1C(=O)NCCN1CCCC(=O)C1.O=C(O)C(F)(F)F. The van der Waals surface area contributed by atoms with Crippen molar-refractivity contribution in [3.63, 3.8) is 0 Å². The Hall–Kier alpha value is -3.64. The fourth-order valence-corrected chi connectivity index (χ4v) is 4.39. The molecular weight excluding hydrogens is 529 g/mol. The average Bonchev–Trinajstić information content (AvgIpc) is 3.28. The highest BCUT2D eigenvalue weighted by molar-refractivity contribution is 6.36. The molecule has 0 spiro atoms. The lowest BCUT2D eigenvalue weighted by Gasteiger charge is -2.25. The lowest BCUT2D eigenvalue weighted by molar-refractivity contribution is -0.192. The van der Waals surface area contributed by atoms with Crippen LogP contribution in [0.4, 0.5) is 18.9 Å². The maximum absolute atomic E-state index is 12.8. The summed E-state index contributed by atoms with van der Waals surface area (Å²) in [6.07, 6.45) is -1.80. The second-order valence-electron chi connectivity index (χ2n) is 8.84. The fourth-order valence-electron chi connectivity index (χ4n) is 4.22. The van der Waals surface area contributed by atoms with E-state index in [0.717, 1.165) is 35.5 Å². The molecule has 38 heavy (non-hydrogen) atoms. The number of Topliss-reactive ketones (excluding diaryl/α,β-unsaturated/α-hetero) is 1. The highest BCUT2D eigenvalue weighted by Gasteiger charge is 2.38. The molecule has 0 radical (unpaired) electrons. The Kier molecular flexibility index (Phi) is 9.00. The van der Waals surface area contributed by atoms with Gasteiger partial charge in [-0.1, -0.05) is 11.6 Å². The smallest absolute Gasteiger partial charge is 0.475 e. The molecule has 4 rings (SSSR count). The molecule has 1 saturated heterocycles. The minimum absolute atomic E-state index is 0.168. The van der Waals surface area contributed by atoms with E-state index in [1.807, 2.05) is 13.8 Å². The number of ketones is 1. The van der Waals surface area contributed by atoms with Crippen molar-refractivity contribution >= 4 is 52.5 Å². The number of hydrogen-bond acceptors (Lipinski definition) is 5. The number of H-pyrrole nitrogens is 1. The van der Waals surface area contributed by atoms with Crippen LogP contribution in [0.15, 0.2) is 18.2 Å². The third-order valence-corrected chi connectivity index (χ3v) is 6.28. The van der Waals surface area contributed by atoms with Gasteiger partial charge in [-0.2, -0.15) is 13.2 Å². The molecule has 2 amide bonds. The van der Waals surface area contributed by atoms with Gasteiger partial charge in [0.05, 0.1) is 17.7 Å². The van der Waals surface area contributed by atoms with E-state index < -0.39 is 12.1 Å². The molecule has 1 aromatic heterocycles. The van der Waals surface area contributed by atoms with Crippen LogP contribution < -0.4 is 10.6 Å². The van der Waals surface area contributed by atoms with Gasteiger partial charge >= 0.3 is 12.1 Å². The van der Waals surface area contributed by atoms with E-state index in [0.29, 0.717) is 47.9 Å². The standard InChI is InChI=1S/C23H25ClN4O3.C2HF3O2/c1-13-20(11-18-17-10-15(24)5-6-19(17)27-22(18)30)26-14(2)21(13)23(31)25-7-9-28-8-3-4-16(29)12-28;3-2(4,5)1(6)7/h5-6,10-11,26H,3-4,7-9,12H2,1-2H3,(H,25,31)(H,27,30);(H,6,7)/b18-11-;. The number of aromatic nitrogens is 1. The van der Waals surface area contributed by atoms with Crippen LogP contribution in [0.5, 0.6) is 0 Å². The molecule has 0 aliphatic carbocycles. The molecule has 4 N–H and O–H groups in total. The highest BCUT2D eigenvalue weighted by Crippen LogP contribution is 2.35. The molecule has 1 aromatic carbocycles. The van der Waals surface area contributed by atoms with Crippen LogP contribution in [-0.4, -0.2) is 70.9 Å². The van der Waals surface area contributed by atoms with Crippen LogP contribution in [0.3, 0.4) is 0 Å². The number of aryl methyl sites for hydroxylation is 1. The van der Waals surface area contributed by atoms with E-state index in [1.165, 1.54) is 0 Å². The number of alkyl halides is 3. The minimum Gasteiger partial charge on any atom is -0.475 e. The predicted octanol–water partition coefficient (Wildman–Crippen LogP) is 3.81. The van der Waals surface area contributed by atoms with E-state index in [1.54, 1.807) is 24.3 Å². The summed E-state index contributed by atoms with van der Waals surface area (Å²) < 4.78 is 31.7. The summed E-state index contributed by atoms with van der Waals surface area (Å²) in [5, 5.41) is 13.5. The summed E-state index contributed by atoms with van der Waals surface area (Å²) in [6.45, 7) is 6.17. The maximum Gasteiger partial charge on any atom is 0.490 e. The third kappa shape index (κ3) is 7.01. The van der Waals surface area contributed by atoms with Crippen molar-refractivity contribution in [3.8, 4) is 0 Å². The van der Waals surface area contributed by atoms with Gasteiger partial charge in [0.2, 0.25) is 0 Å². The number of halogens is 4. The maximum atomic E-state index is 12.8. The normalized spacial score (nSPS) is 16.5. The summed E-state index contributed by atoms with van der Waals surface area (Å²) in [5.74, 6) is -2.87. The Labute approximate surface area is 221 Å². The van der Waals surface area contributed by atoms with Crippen LogP contribution in [0.1, 0.15) is 45.7 Å². The molecule has 13 heteroatoms. The van der Waals surface area contributed by atoms with E-state index in [-0.39, 0.29) is 17.6 Å². The van der Waals surface area contributed by atoms with Gasteiger partial charge in [-0.15, -0.1) is 0 Å². The number of carbonyl (C=O) groups is 4. The molecule has 0 bridgehead atoms. The number of aliphatic carboxylic acids is 1. The number of aromatic amines is 1. The number of carbonyl (C=O) groups excluding carboxylic acids is 3. The summed E-state index contributed by atoms with van der Waals surface area (Å²) in [7, 11) is 0. The van der Waals surface area contributed by atoms with Gasteiger partial charge in [0.1, 0.15) is 5.78 Å². The minimum atomic E-state index is -5.08. The topological polar surface area (TPSA) is 132 Å². The Balaban J connectivity index is 0.000000505. The predicted molar refractivity (Wildman–Crippen MR) is 135 cm³/mol. The van der Waals surface area contributed by atoms with Crippen LogP contribution in [-0.2, 0) is 14.4 Å². The lowest BCUT2D eigenvalue weighted by Crippen LogP contribution is -2.41. The number of benzene rings is 1. The first-order valence-corrected chi connectivity index (χ1v) is 12.0. The van der Waals surface area contributed by atoms with Gasteiger partial charge in [0.15, 0.2) is 0 Å². The van der Waals surface area contributed by atoms with E-state index in [9.17, 15) is 27.6 Å². The number of hydrogen-bond donors (Lipinski definition) is 4. The van der Waals surface area contributed by atoms with Crippen molar-refractivity contribution in [1.29, 1.82) is 0 Å². The summed E-state index contributed by atoms with van der Waals surface area (Å²) in [4.78, 5) is 51.0. The molecular formula is C25H26ClF3N4O5. The zero-order valence-corrected chi connectivity index (χ0v) is 21.3. The quantitative estimate of drug-likeness (QED) is 0.416. The summed E-state index contributed by atoms with van der Waals surface area (Å²) >= 11 is 6.10. The first kappa shape index (κ1) is 28.9. The number of nitrogens with one attached hydrogen (secondary N) is 3. The largest absolute Gasteiger partial charge is 0.490 e. The number of anilines is 1. The lowest BCUT2D eigenvalue weighted by atomic mass is 10.0. The second kappa shape index (κ2) is 11.8. The van der Waals surface area contributed by atoms with E-state index in [4.69, 9.17) is 21.5 Å².